The van der Waals surface area contributed by atoms with Gasteiger partial charge in [0, 0.05) is 5.56 Å². The van der Waals surface area contributed by atoms with Crippen LogP contribution in [-0.2, 0) is 12.8 Å². The lowest BCUT2D eigenvalue weighted by atomic mass is 9.96. The number of methoxy groups -OCH3 is 1. The fourth-order valence-corrected chi connectivity index (χ4v) is 3.25. The van der Waals surface area contributed by atoms with Crippen LogP contribution < -0.4 is 4.74 Å². The Bertz CT molecular complexity index is 1000. The summed E-state index contributed by atoms with van der Waals surface area (Å²) in [6.45, 7) is 5.96. The van der Waals surface area contributed by atoms with Gasteiger partial charge in [-0.2, -0.15) is 0 Å². The molecule has 0 aliphatic rings. The number of rotatable bonds is 7. The first-order chi connectivity index (χ1) is 13.9. The average molecular weight is 396 g/mol. The fourth-order valence-electron chi connectivity index (χ4n) is 3.25. The Morgan fingerprint density at radius 3 is 2.14 bits per heavy atom. The van der Waals surface area contributed by atoms with Crippen molar-refractivity contribution in [2.75, 3.05) is 7.11 Å². The van der Waals surface area contributed by atoms with Crippen molar-refractivity contribution in [1.82, 2.24) is 0 Å². The van der Waals surface area contributed by atoms with Crippen LogP contribution in [0, 0.1) is 24.4 Å². The van der Waals surface area contributed by atoms with Gasteiger partial charge in [0.15, 0.2) is 11.6 Å². The molecule has 29 heavy (non-hydrogen) atoms. The van der Waals surface area contributed by atoms with Gasteiger partial charge in [-0.1, -0.05) is 48.0 Å². The monoisotopic (exact) mass is 396 g/mol. The van der Waals surface area contributed by atoms with Crippen LogP contribution in [0.4, 0.5) is 13.2 Å². The van der Waals surface area contributed by atoms with E-state index in [1.807, 2.05) is 31.2 Å². The van der Waals surface area contributed by atoms with Crippen LogP contribution in [0.25, 0.3) is 11.1 Å². The smallest absolute Gasteiger partial charge is 0.165 e. The molecule has 1 nitrogen and oxygen atoms in total. The normalized spacial score (nSPS) is 10.8. The Labute approximate surface area is 169 Å². The summed E-state index contributed by atoms with van der Waals surface area (Å²) in [4.78, 5) is 0. The summed E-state index contributed by atoms with van der Waals surface area (Å²) >= 11 is 0. The lowest BCUT2D eigenvalue weighted by Gasteiger charge is -2.11. The molecule has 3 aromatic carbocycles. The minimum Gasteiger partial charge on any atom is -0.494 e. The molecular formula is C25H23F3O. The van der Waals surface area contributed by atoms with Crippen molar-refractivity contribution >= 4 is 0 Å². The zero-order valence-electron chi connectivity index (χ0n) is 16.6. The highest BCUT2D eigenvalue weighted by molar-refractivity contribution is 5.64. The van der Waals surface area contributed by atoms with Crippen molar-refractivity contribution in [1.29, 1.82) is 0 Å². The Morgan fingerprint density at radius 2 is 1.52 bits per heavy atom. The second kappa shape index (κ2) is 8.99. The Morgan fingerprint density at radius 1 is 0.862 bits per heavy atom. The SMILES string of the molecule is C=C(CCc1c(F)cc(-c2ccc(C)cc2)cc1F)Cc1ccc(F)c(OC)c1. The third kappa shape index (κ3) is 5.08. The van der Waals surface area contributed by atoms with Crippen molar-refractivity contribution in [3.8, 4) is 16.9 Å². The lowest BCUT2D eigenvalue weighted by molar-refractivity contribution is 0.386. The number of benzene rings is 3. The van der Waals surface area contributed by atoms with E-state index in [1.54, 1.807) is 12.1 Å². The third-order valence-corrected chi connectivity index (χ3v) is 4.92. The average Bonchev–Trinajstić information content (AvgIpc) is 2.69. The zero-order valence-corrected chi connectivity index (χ0v) is 16.6. The van der Waals surface area contributed by atoms with E-state index in [-0.39, 0.29) is 17.7 Å². The maximum Gasteiger partial charge on any atom is 0.165 e. The highest BCUT2D eigenvalue weighted by Crippen LogP contribution is 2.27. The van der Waals surface area contributed by atoms with Crippen molar-refractivity contribution in [2.24, 2.45) is 0 Å². The van der Waals surface area contributed by atoms with Gasteiger partial charge in [-0.25, -0.2) is 13.2 Å². The molecule has 0 aliphatic carbocycles. The van der Waals surface area contributed by atoms with Gasteiger partial charge in [0.25, 0.3) is 0 Å². The van der Waals surface area contributed by atoms with Gasteiger partial charge >= 0.3 is 0 Å². The van der Waals surface area contributed by atoms with E-state index in [1.165, 1.54) is 25.3 Å². The largest absolute Gasteiger partial charge is 0.494 e. The highest BCUT2D eigenvalue weighted by Gasteiger charge is 2.13. The van der Waals surface area contributed by atoms with Gasteiger partial charge in [0.2, 0.25) is 0 Å². The molecule has 0 heterocycles. The first-order valence-corrected chi connectivity index (χ1v) is 9.41. The van der Waals surface area contributed by atoms with Crippen LogP contribution in [0.5, 0.6) is 5.75 Å². The van der Waals surface area contributed by atoms with Gasteiger partial charge in [-0.05, 0) is 67.1 Å². The molecule has 0 bridgehead atoms. The summed E-state index contributed by atoms with van der Waals surface area (Å²) in [5, 5.41) is 0. The maximum absolute atomic E-state index is 14.6. The van der Waals surface area contributed by atoms with E-state index in [9.17, 15) is 13.2 Å². The predicted octanol–water partition coefficient (Wildman–Crippen LogP) is 6.82. The molecule has 0 fully saturated rings. The maximum atomic E-state index is 14.6. The molecule has 0 saturated carbocycles. The van der Waals surface area contributed by atoms with Gasteiger partial charge in [-0.15, -0.1) is 0 Å². The van der Waals surface area contributed by atoms with Crippen molar-refractivity contribution in [3.05, 3.63) is 101 Å². The quantitative estimate of drug-likeness (QED) is 0.398. The molecule has 0 amide bonds. The van der Waals surface area contributed by atoms with E-state index in [0.29, 0.717) is 18.4 Å². The molecule has 3 rings (SSSR count). The van der Waals surface area contributed by atoms with Crippen LogP contribution in [-0.4, -0.2) is 7.11 Å². The summed E-state index contributed by atoms with van der Waals surface area (Å²) in [6, 6.07) is 14.9. The highest BCUT2D eigenvalue weighted by atomic mass is 19.1. The van der Waals surface area contributed by atoms with Crippen LogP contribution in [0.3, 0.4) is 0 Å². The second-order valence-corrected chi connectivity index (χ2v) is 7.18. The summed E-state index contributed by atoms with van der Waals surface area (Å²) in [5.41, 5.74) is 4.07. The molecule has 0 unspecified atom stereocenters. The number of aryl methyl sites for hydroxylation is 1. The van der Waals surface area contributed by atoms with Crippen LogP contribution in [0.15, 0.2) is 66.7 Å². The minimum atomic E-state index is -0.558. The van der Waals surface area contributed by atoms with Crippen molar-refractivity contribution in [2.45, 2.75) is 26.2 Å². The van der Waals surface area contributed by atoms with Gasteiger partial charge in [0.05, 0.1) is 7.11 Å². The molecule has 0 atom stereocenters. The third-order valence-electron chi connectivity index (χ3n) is 4.92. The number of allylic oxidation sites excluding steroid dienone is 1. The van der Waals surface area contributed by atoms with Gasteiger partial charge < -0.3 is 4.74 Å². The molecule has 0 aromatic heterocycles. The van der Waals surface area contributed by atoms with Crippen molar-refractivity contribution < 1.29 is 17.9 Å². The zero-order chi connectivity index (χ0) is 21.0. The summed E-state index contributed by atoms with van der Waals surface area (Å²) in [6.07, 6.45) is 1.13. The molecule has 3 aromatic rings. The number of hydrogen-bond donors (Lipinski definition) is 0. The fraction of sp³-hybridized carbons (Fsp3) is 0.200. The van der Waals surface area contributed by atoms with Crippen molar-refractivity contribution in [3.63, 3.8) is 0 Å². The van der Waals surface area contributed by atoms with E-state index in [4.69, 9.17) is 4.74 Å². The summed E-state index contributed by atoms with van der Waals surface area (Å²) in [5.74, 6) is -1.38. The molecule has 0 N–H and O–H groups in total. The standard InChI is InChI=1S/C25H23F3O/c1-16-4-8-19(9-5-16)20-14-23(27)21(24(28)15-20)10-6-17(2)12-18-7-11-22(26)25(13-18)29-3/h4-5,7-9,11,13-15H,2,6,10,12H2,1,3H3. The van der Waals surface area contributed by atoms with Crippen LogP contribution in [0.1, 0.15) is 23.1 Å². The van der Waals surface area contributed by atoms with Crippen LogP contribution >= 0.6 is 0 Å². The van der Waals surface area contributed by atoms with E-state index in [0.717, 1.165) is 22.3 Å². The molecular weight excluding hydrogens is 373 g/mol. The topological polar surface area (TPSA) is 9.23 Å². The van der Waals surface area contributed by atoms with E-state index < -0.39 is 17.5 Å². The molecule has 0 spiro atoms. The predicted molar refractivity (Wildman–Crippen MR) is 111 cm³/mol. The number of ether oxygens (including phenoxy) is 1. The number of halogens is 3. The minimum absolute atomic E-state index is 0.0544. The molecule has 0 aliphatic heterocycles. The lowest BCUT2D eigenvalue weighted by Crippen LogP contribution is -2.00. The van der Waals surface area contributed by atoms with E-state index in [2.05, 4.69) is 6.58 Å². The first kappa shape index (κ1) is 20.7. The number of hydrogen-bond acceptors (Lipinski definition) is 1. The Hall–Kier alpha value is -3.01. The van der Waals surface area contributed by atoms with Gasteiger partial charge in [0.1, 0.15) is 11.6 Å². The second-order valence-electron chi connectivity index (χ2n) is 7.18. The molecule has 150 valence electrons. The first-order valence-electron chi connectivity index (χ1n) is 9.41. The molecule has 0 radical (unpaired) electrons. The van der Waals surface area contributed by atoms with Gasteiger partial charge in [-0.3, -0.25) is 0 Å². The molecule has 4 heteroatoms. The van der Waals surface area contributed by atoms with E-state index >= 15 is 0 Å². The van der Waals surface area contributed by atoms with Crippen LogP contribution in [0.2, 0.25) is 0 Å². The Kier molecular flexibility index (Phi) is 6.42. The summed E-state index contributed by atoms with van der Waals surface area (Å²) in [7, 11) is 1.41. The Balaban J connectivity index is 1.68. The molecule has 0 saturated heterocycles. The summed E-state index contributed by atoms with van der Waals surface area (Å²) < 4.78 is 47.6.